The number of nitrogens with zero attached hydrogens (tertiary/aromatic N) is 1. The van der Waals surface area contributed by atoms with E-state index in [9.17, 15) is 33.9 Å². The van der Waals surface area contributed by atoms with Crippen LogP contribution in [0.25, 0.3) is 10.9 Å². The van der Waals surface area contributed by atoms with E-state index in [1.54, 1.807) is 18.2 Å². The molecule has 0 radical (unpaired) electrons. The number of phenols is 1. The minimum Gasteiger partial charge on any atom is -0.506 e. The van der Waals surface area contributed by atoms with E-state index < -0.39 is 18.4 Å². The number of carbonyl (C=O) groups is 6. The van der Waals surface area contributed by atoms with Gasteiger partial charge in [-0.1, -0.05) is 18.2 Å². The third-order valence-electron chi connectivity index (χ3n) is 3.82. The number of aromatic nitrogens is 1. The molecule has 0 bridgehead atoms. The third kappa shape index (κ3) is 13.9. The number of nitrogens with one attached hydrogen (secondary N) is 1. The number of nitrogens with two attached hydrogens (primary N) is 2. The third-order valence-corrected chi connectivity index (χ3v) is 3.82. The van der Waals surface area contributed by atoms with E-state index >= 15 is 0 Å². The maximum Gasteiger partial charge on any atom is 0.322 e. The summed E-state index contributed by atoms with van der Waals surface area (Å²) >= 11 is 0. The van der Waals surface area contributed by atoms with E-state index in [1.807, 2.05) is 0 Å². The number of hydrogen-bond acceptors (Lipinski definition) is 8. The Hall–Kier alpha value is -4.35. The van der Waals surface area contributed by atoms with Gasteiger partial charge in [0.2, 0.25) is 11.8 Å². The molecule has 184 valence electrons. The number of fused-ring (bicyclic) bond motifs is 1. The molecule has 1 aromatic carbocycles. The van der Waals surface area contributed by atoms with E-state index in [0.717, 1.165) is 12.6 Å². The molecule has 0 fully saturated rings. The van der Waals surface area contributed by atoms with Gasteiger partial charge in [0, 0.05) is 31.1 Å². The Morgan fingerprint density at radius 2 is 1.47 bits per heavy atom. The molecule has 0 atom stereocenters. The normalized spacial score (nSPS) is 9.41. The molecule has 2 rings (SSSR count). The second-order valence-corrected chi connectivity index (χ2v) is 6.67. The molecular formula is C22H28N4O8. The van der Waals surface area contributed by atoms with Gasteiger partial charge in [-0.05, 0) is 25.0 Å². The van der Waals surface area contributed by atoms with Gasteiger partial charge >= 0.3 is 5.97 Å². The van der Waals surface area contributed by atoms with Gasteiger partial charge < -0.3 is 36.6 Å². The second kappa shape index (κ2) is 17.2. The van der Waals surface area contributed by atoms with Gasteiger partial charge in [-0.3, -0.25) is 19.2 Å². The summed E-state index contributed by atoms with van der Waals surface area (Å²) in [6.45, 7) is -0.473. The number of hydrogen-bond donors (Lipinski definition) is 5. The summed E-state index contributed by atoms with van der Waals surface area (Å²) in [6, 6.07) is 8.00. The number of para-hydroxylation sites is 1. The predicted molar refractivity (Wildman–Crippen MR) is 122 cm³/mol. The van der Waals surface area contributed by atoms with Crippen LogP contribution in [0.4, 0.5) is 0 Å². The van der Waals surface area contributed by atoms with Crippen molar-refractivity contribution >= 4 is 47.2 Å². The number of rotatable bonds is 11. The zero-order valence-corrected chi connectivity index (χ0v) is 18.4. The van der Waals surface area contributed by atoms with Gasteiger partial charge in [-0.2, -0.15) is 0 Å². The SMILES string of the molecule is NC(=O)CCCC=O.NC(=O)CCCC=O.O=C(O)CNC(=O)c1ccc2cccc(O)c2n1. The number of amides is 3. The van der Waals surface area contributed by atoms with Gasteiger partial charge in [-0.15, -0.1) is 0 Å². The second-order valence-electron chi connectivity index (χ2n) is 6.67. The van der Waals surface area contributed by atoms with Crippen LogP contribution >= 0.6 is 0 Å². The van der Waals surface area contributed by atoms with Crippen molar-refractivity contribution in [1.82, 2.24) is 10.3 Å². The monoisotopic (exact) mass is 476 g/mol. The maximum atomic E-state index is 11.6. The average molecular weight is 476 g/mol. The highest BCUT2D eigenvalue weighted by Gasteiger charge is 2.10. The molecule has 12 heteroatoms. The topological polar surface area (TPSA) is 220 Å². The molecule has 7 N–H and O–H groups in total. The maximum absolute atomic E-state index is 11.6. The minimum absolute atomic E-state index is 0.0274. The molecule has 0 saturated carbocycles. The fourth-order valence-electron chi connectivity index (χ4n) is 2.22. The fraction of sp³-hybridized carbons (Fsp3) is 0.318. The number of unbranched alkanes of at least 4 members (excludes halogenated alkanes) is 2. The molecule has 0 aliphatic heterocycles. The van der Waals surface area contributed by atoms with Crippen LogP contribution in [0.1, 0.15) is 49.0 Å². The van der Waals surface area contributed by atoms with Gasteiger partial charge in [0.25, 0.3) is 5.91 Å². The lowest BCUT2D eigenvalue weighted by Gasteiger charge is -2.04. The minimum atomic E-state index is -1.13. The lowest BCUT2D eigenvalue weighted by Crippen LogP contribution is -2.29. The largest absolute Gasteiger partial charge is 0.506 e. The number of carboxylic acids is 1. The van der Waals surface area contributed by atoms with Crippen molar-refractivity contribution in [1.29, 1.82) is 0 Å². The molecule has 0 spiro atoms. The molecule has 12 nitrogen and oxygen atoms in total. The zero-order chi connectivity index (χ0) is 25.9. The van der Waals surface area contributed by atoms with Gasteiger partial charge in [-0.25, -0.2) is 4.98 Å². The summed E-state index contributed by atoms with van der Waals surface area (Å²) in [6.07, 6.45) is 4.23. The number of aliphatic carboxylic acids is 1. The van der Waals surface area contributed by atoms with Crippen LogP contribution < -0.4 is 16.8 Å². The molecule has 3 amide bonds. The predicted octanol–water partition coefficient (Wildman–Crippen LogP) is 0.437. The highest BCUT2D eigenvalue weighted by molar-refractivity contribution is 5.97. The van der Waals surface area contributed by atoms with Crippen molar-refractivity contribution in [2.45, 2.75) is 38.5 Å². The number of phenolic OH excluding ortho intramolecular Hbond substituents is 1. The van der Waals surface area contributed by atoms with Crippen LogP contribution in [0.5, 0.6) is 5.75 Å². The Labute approximate surface area is 195 Å². The lowest BCUT2D eigenvalue weighted by molar-refractivity contribution is -0.135. The first-order chi connectivity index (χ1) is 16.1. The van der Waals surface area contributed by atoms with Crippen LogP contribution in [-0.2, 0) is 24.0 Å². The number of carbonyl (C=O) groups excluding carboxylic acids is 5. The number of pyridine rings is 1. The first kappa shape index (κ1) is 29.7. The van der Waals surface area contributed by atoms with Crippen molar-refractivity contribution in [3.8, 4) is 5.75 Å². The van der Waals surface area contributed by atoms with Gasteiger partial charge in [0.15, 0.2) is 0 Å². The Morgan fingerprint density at radius 1 is 0.912 bits per heavy atom. The van der Waals surface area contributed by atoms with Crippen molar-refractivity contribution in [3.63, 3.8) is 0 Å². The fourth-order valence-corrected chi connectivity index (χ4v) is 2.22. The summed E-state index contributed by atoms with van der Waals surface area (Å²) in [5.74, 6) is -2.44. The summed E-state index contributed by atoms with van der Waals surface area (Å²) in [4.78, 5) is 65.1. The average Bonchev–Trinajstić information content (AvgIpc) is 2.78. The van der Waals surface area contributed by atoms with Crippen LogP contribution in [0.15, 0.2) is 30.3 Å². The first-order valence-electron chi connectivity index (χ1n) is 10.1. The van der Waals surface area contributed by atoms with Crippen LogP contribution in [0, 0.1) is 0 Å². The van der Waals surface area contributed by atoms with E-state index in [2.05, 4.69) is 10.3 Å². The number of aromatic hydroxyl groups is 1. The smallest absolute Gasteiger partial charge is 0.322 e. The highest BCUT2D eigenvalue weighted by Crippen LogP contribution is 2.22. The Bertz CT molecular complexity index is 970. The summed E-state index contributed by atoms with van der Waals surface area (Å²) < 4.78 is 0. The summed E-state index contributed by atoms with van der Waals surface area (Å²) in [5, 5.41) is 21.0. The van der Waals surface area contributed by atoms with Gasteiger partial charge in [0.05, 0.1) is 0 Å². The van der Waals surface area contributed by atoms with Crippen molar-refractivity contribution < 1.29 is 39.0 Å². The quantitative estimate of drug-likeness (QED) is 0.224. The highest BCUT2D eigenvalue weighted by atomic mass is 16.4. The van der Waals surface area contributed by atoms with Crippen LogP contribution in [0.2, 0.25) is 0 Å². The standard InChI is InChI=1S/C12H10N2O4.2C5H9NO2/c15-9-3-1-2-7-4-5-8(14-11(7)9)12(18)13-6-10(16)17;2*6-5(8)3-1-2-4-7/h1-5,15H,6H2,(H,13,18)(H,16,17);2*4H,1-3H2,(H2,6,8). The molecule has 1 aromatic heterocycles. The molecule has 0 saturated heterocycles. The van der Waals surface area contributed by atoms with Crippen molar-refractivity contribution in [2.24, 2.45) is 11.5 Å². The van der Waals surface area contributed by atoms with E-state index in [-0.39, 0.29) is 23.3 Å². The van der Waals surface area contributed by atoms with E-state index in [0.29, 0.717) is 49.4 Å². The summed E-state index contributed by atoms with van der Waals surface area (Å²) in [5.41, 5.74) is 9.92. The first-order valence-corrected chi connectivity index (χ1v) is 10.1. The van der Waals surface area contributed by atoms with Gasteiger partial charge in [0.1, 0.15) is 36.1 Å². The summed E-state index contributed by atoms with van der Waals surface area (Å²) in [7, 11) is 0. The molecule has 1 heterocycles. The van der Waals surface area contributed by atoms with E-state index in [1.165, 1.54) is 12.1 Å². The lowest BCUT2D eigenvalue weighted by atomic mass is 10.2. The molecule has 34 heavy (non-hydrogen) atoms. The Morgan fingerprint density at radius 3 is 1.94 bits per heavy atom. The number of primary amides is 2. The number of benzene rings is 1. The van der Waals surface area contributed by atoms with E-state index in [4.69, 9.17) is 16.6 Å². The number of aldehydes is 2. The van der Waals surface area contributed by atoms with Crippen LogP contribution in [0.3, 0.4) is 0 Å². The molecular weight excluding hydrogens is 448 g/mol. The molecule has 0 aliphatic rings. The molecule has 0 aliphatic carbocycles. The molecule has 0 unspecified atom stereocenters. The Balaban J connectivity index is 0.000000570. The van der Waals surface area contributed by atoms with Crippen LogP contribution in [-0.4, -0.2) is 58.0 Å². The number of carboxylic acid groups (broad SMARTS) is 1. The van der Waals surface area contributed by atoms with Crippen molar-refractivity contribution in [2.75, 3.05) is 6.54 Å². The Kier molecular flexibility index (Phi) is 15.0. The molecule has 2 aromatic rings. The zero-order valence-electron chi connectivity index (χ0n) is 18.4. The van der Waals surface area contributed by atoms with Crippen molar-refractivity contribution in [3.05, 3.63) is 36.0 Å².